The Morgan fingerprint density at radius 2 is 2.33 bits per heavy atom. The van der Waals surface area contributed by atoms with Gasteiger partial charge in [-0.2, -0.15) is 0 Å². The van der Waals surface area contributed by atoms with Crippen molar-refractivity contribution in [3.05, 3.63) is 18.2 Å². The molecule has 1 aromatic rings. The SMILES string of the molecule is CC[C@H]1CC[C@@H](C(=O)N[C@H]2CCO[C@@H]2c2nccn2C)O1. The lowest BCUT2D eigenvalue weighted by Gasteiger charge is -2.21. The normalized spacial score (nSPS) is 32.5. The Hall–Kier alpha value is -1.40. The summed E-state index contributed by atoms with van der Waals surface area (Å²) < 4.78 is 13.5. The number of aromatic nitrogens is 2. The van der Waals surface area contributed by atoms with Gasteiger partial charge in [0, 0.05) is 26.0 Å². The number of nitrogens with one attached hydrogen (secondary N) is 1. The monoisotopic (exact) mass is 293 g/mol. The third-order valence-corrected chi connectivity index (χ3v) is 4.39. The summed E-state index contributed by atoms with van der Waals surface area (Å²) in [6, 6.07) is -0.0251. The minimum absolute atomic E-state index is 0.0133. The summed E-state index contributed by atoms with van der Waals surface area (Å²) in [5, 5.41) is 3.09. The van der Waals surface area contributed by atoms with Crippen LogP contribution in [-0.2, 0) is 21.3 Å². The Labute approximate surface area is 124 Å². The molecule has 0 unspecified atom stereocenters. The first-order chi connectivity index (χ1) is 10.2. The van der Waals surface area contributed by atoms with E-state index in [2.05, 4.69) is 17.2 Å². The van der Waals surface area contributed by atoms with Crippen molar-refractivity contribution in [2.45, 2.75) is 57.0 Å². The number of imidazole rings is 1. The summed E-state index contributed by atoms with van der Waals surface area (Å²) >= 11 is 0. The van der Waals surface area contributed by atoms with Gasteiger partial charge in [-0.3, -0.25) is 4.79 Å². The molecule has 2 aliphatic heterocycles. The number of aryl methyl sites for hydroxylation is 1. The fraction of sp³-hybridized carbons (Fsp3) is 0.733. The van der Waals surface area contributed by atoms with Crippen LogP contribution in [0.4, 0.5) is 0 Å². The zero-order chi connectivity index (χ0) is 14.8. The van der Waals surface area contributed by atoms with E-state index >= 15 is 0 Å². The molecule has 116 valence electrons. The zero-order valence-corrected chi connectivity index (χ0v) is 12.6. The molecule has 0 aromatic carbocycles. The highest BCUT2D eigenvalue weighted by Gasteiger charge is 2.36. The number of amides is 1. The summed E-state index contributed by atoms with van der Waals surface area (Å²) in [5.41, 5.74) is 0. The molecule has 0 saturated carbocycles. The second kappa shape index (κ2) is 6.15. The van der Waals surface area contributed by atoms with Crippen molar-refractivity contribution in [3.63, 3.8) is 0 Å². The molecule has 2 fully saturated rings. The second-order valence-electron chi connectivity index (χ2n) is 5.82. The van der Waals surface area contributed by atoms with Gasteiger partial charge in [0.05, 0.1) is 12.1 Å². The van der Waals surface area contributed by atoms with Crippen LogP contribution in [0, 0.1) is 0 Å². The van der Waals surface area contributed by atoms with Crippen LogP contribution >= 0.6 is 0 Å². The van der Waals surface area contributed by atoms with Gasteiger partial charge in [-0.05, 0) is 25.7 Å². The van der Waals surface area contributed by atoms with E-state index in [0.29, 0.717) is 6.61 Å². The third-order valence-electron chi connectivity index (χ3n) is 4.39. The van der Waals surface area contributed by atoms with E-state index in [1.54, 1.807) is 6.20 Å². The Morgan fingerprint density at radius 3 is 3.00 bits per heavy atom. The van der Waals surface area contributed by atoms with Gasteiger partial charge >= 0.3 is 0 Å². The molecule has 1 aromatic heterocycles. The van der Waals surface area contributed by atoms with E-state index < -0.39 is 0 Å². The molecule has 0 spiro atoms. The molecule has 1 amide bonds. The van der Waals surface area contributed by atoms with Crippen molar-refractivity contribution in [3.8, 4) is 0 Å². The minimum Gasteiger partial charge on any atom is -0.368 e. The summed E-state index contributed by atoms with van der Waals surface area (Å²) in [7, 11) is 1.94. The summed E-state index contributed by atoms with van der Waals surface area (Å²) in [6.07, 6.45) is 6.95. The van der Waals surface area contributed by atoms with Crippen molar-refractivity contribution in [2.75, 3.05) is 6.61 Å². The maximum absolute atomic E-state index is 12.3. The van der Waals surface area contributed by atoms with Crippen molar-refractivity contribution in [1.82, 2.24) is 14.9 Å². The Bertz CT molecular complexity index is 502. The summed E-state index contributed by atoms with van der Waals surface area (Å²) in [6.45, 7) is 2.73. The lowest BCUT2D eigenvalue weighted by Crippen LogP contribution is -2.43. The fourth-order valence-electron chi connectivity index (χ4n) is 3.12. The Morgan fingerprint density at radius 1 is 1.48 bits per heavy atom. The van der Waals surface area contributed by atoms with Crippen LogP contribution in [-0.4, -0.2) is 40.3 Å². The maximum atomic E-state index is 12.3. The number of carbonyl (C=O) groups excluding carboxylic acids is 1. The first-order valence-corrected chi connectivity index (χ1v) is 7.73. The minimum atomic E-state index is -0.308. The van der Waals surface area contributed by atoms with Crippen LogP contribution in [0.5, 0.6) is 0 Å². The van der Waals surface area contributed by atoms with Crippen molar-refractivity contribution >= 4 is 5.91 Å². The van der Waals surface area contributed by atoms with Gasteiger partial charge in [-0.1, -0.05) is 6.92 Å². The van der Waals surface area contributed by atoms with Crippen molar-refractivity contribution in [2.24, 2.45) is 7.05 Å². The molecule has 0 aliphatic carbocycles. The molecule has 1 N–H and O–H groups in total. The van der Waals surface area contributed by atoms with Crippen LogP contribution in [0.3, 0.4) is 0 Å². The molecule has 0 radical (unpaired) electrons. The van der Waals surface area contributed by atoms with Crippen molar-refractivity contribution in [1.29, 1.82) is 0 Å². The first-order valence-electron chi connectivity index (χ1n) is 7.73. The van der Waals surface area contributed by atoms with E-state index in [1.807, 2.05) is 17.8 Å². The topological polar surface area (TPSA) is 65.4 Å². The van der Waals surface area contributed by atoms with Crippen LogP contribution in [0.1, 0.15) is 44.5 Å². The maximum Gasteiger partial charge on any atom is 0.249 e. The van der Waals surface area contributed by atoms with Crippen LogP contribution in [0.2, 0.25) is 0 Å². The van der Waals surface area contributed by atoms with E-state index in [-0.39, 0.29) is 30.3 Å². The van der Waals surface area contributed by atoms with Gasteiger partial charge in [0.15, 0.2) is 0 Å². The standard InChI is InChI=1S/C15H23N3O3/c1-3-10-4-5-12(21-10)15(19)17-11-6-9-20-13(11)14-16-7-8-18(14)2/h7-8,10-13H,3-6,9H2,1-2H3,(H,17,19)/t10-,11-,12-,13-/m0/s1. The number of ether oxygens (including phenoxy) is 2. The van der Waals surface area contributed by atoms with Gasteiger partial charge in [0.1, 0.15) is 18.0 Å². The average molecular weight is 293 g/mol. The predicted molar refractivity (Wildman–Crippen MR) is 76.6 cm³/mol. The molecule has 3 rings (SSSR count). The zero-order valence-electron chi connectivity index (χ0n) is 12.6. The quantitative estimate of drug-likeness (QED) is 0.909. The summed E-state index contributed by atoms with van der Waals surface area (Å²) in [4.78, 5) is 16.7. The molecule has 2 aliphatic rings. The smallest absolute Gasteiger partial charge is 0.249 e. The molecule has 2 saturated heterocycles. The van der Waals surface area contributed by atoms with Gasteiger partial charge in [-0.25, -0.2) is 4.98 Å². The average Bonchev–Trinajstić information content (AvgIpc) is 3.18. The number of nitrogens with zero attached hydrogens (tertiary/aromatic N) is 2. The van der Waals surface area contributed by atoms with E-state index in [1.165, 1.54) is 0 Å². The van der Waals surface area contributed by atoms with E-state index in [0.717, 1.165) is 31.5 Å². The van der Waals surface area contributed by atoms with Crippen molar-refractivity contribution < 1.29 is 14.3 Å². The molecular formula is C15H23N3O3. The lowest BCUT2D eigenvalue weighted by atomic mass is 10.1. The molecular weight excluding hydrogens is 270 g/mol. The van der Waals surface area contributed by atoms with Crippen LogP contribution in [0.15, 0.2) is 12.4 Å². The van der Waals surface area contributed by atoms with Gasteiger partial charge in [0.25, 0.3) is 0 Å². The Balaban J connectivity index is 1.62. The molecule has 4 atom stereocenters. The molecule has 6 heteroatoms. The molecule has 21 heavy (non-hydrogen) atoms. The number of hydrogen-bond acceptors (Lipinski definition) is 4. The Kier molecular flexibility index (Phi) is 4.26. The predicted octanol–water partition coefficient (Wildman–Crippen LogP) is 1.32. The highest BCUT2D eigenvalue weighted by Crippen LogP contribution is 2.29. The van der Waals surface area contributed by atoms with E-state index in [4.69, 9.17) is 9.47 Å². The van der Waals surface area contributed by atoms with Crippen LogP contribution in [0.25, 0.3) is 0 Å². The number of hydrogen-bond donors (Lipinski definition) is 1. The summed E-state index contributed by atoms with van der Waals surface area (Å²) in [5.74, 6) is 0.845. The first kappa shape index (κ1) is 14.5. The lowest BCUT2D eigenvalue weighted by molar-refractivity contribution is -0.133. The molecule has 0 bridgehead atoms. The fourth-order valence-corrected chi connectivity index (χ4v) is 3.12. The van der Waals surface area contributed by atoms with Gasteiger partial charge in [-0.15, -0.1) is 0 Å². The largest absolute Gasteiger partial charge is 0.368 e. The molecule has 3 heterocycles. The molecule has 6 nitrogen and oxygen atoms in total. The highest BCUT2D eigenvalue weighted by molar-refractivity contribution is 5.81. The highest BCUT2D eigenvalue weighted by atomic mass is 16.5. The van der Waals surface area contributed by atoms with E-state index in [9.17, 15) is 4.79 Å². The number of carbonyl (C=O) groups is 1. The van der Waals surface area contributed by atoms with Gasteiger partial charge < -0.3 is 19.4 Å². The number of rotatable bonds is 4. The van der Waals surface area contributed by atoms with Crippen LogP contribution < -0.4 is 5.32 Å². The third kappa shape index (κ3) is 2.96. The van der Waals surface area contributed by atoms with Gasteiger partial charge in [0.2, 0.25) is 5.91 Å². The second-order valence-corrected chi connectivity index (χ2v) is 5.82.